The number of hydrogen-bond acceptors (Lipinski definition) is 3. The smallest absolute Gasteiger partial charge is 0.308 e. The normalized spacial score (nSPS) is 19.4. The monoisotopic (exact) mass is 373 g/mol. The average molecular weight is 374 g/mol. The van der Waals surface area contributed by atoms with Gasteiger partial charge in [0.25, 0.3) is 5.91 Å². The van der Waals surface area contributed by atoms with Gasteiger partial charge in [0.1, 0.15) is 12.4 Å². The minimum atomic E-state index is -0.861. The highest BCUT2D eigenvalue weighted by Gasteiger charge is 2.38. The van der Waals surface area contributed by atoms with Crippen molar-refractivity contribution in [2.24, 2.45) is 5.92 Å². The molecule has 6 heteroatoms. The number of nitrogens with zero attached hydrogens (tertiary/aromatic N) is 1. The largest absolute Gasteiger partial charge is 0.488 e. The van der Waals surface area contributed by atoms with Crippen molar-refractivity contribution >= 4 is 23.5 Å². The first kappa shape index (κ1) is 18.3. The van der Waals surface area contributed by atoms with Gasteiger partial charge in [-0.05, 0) is 43.2 Å². The maximum absolute atomic E-state index is 12.9. The average Bonchev–Trinajstić information content (AvgIpc) is 3.02. The number of aliphatic carboxylic acids is 1. The molecule has 136 valence electrons. The minimum Gasteiger partial charge on any atom is -0.488 e. The summed E-state index contributed by atoms with van der Waals surface area (Å²) in [5.74, 6) is -1.10. The third kappa shape index (κ3) is 3.83. The summed E-state index contributed by atoms with van der Waals surface area (Å²) < 4.78 is 5.85. The SMILES string of the molecule is CC1C(C(=O)O)CCN1C(=O)c1ccccc1OCc1ccc(Cl)cc1. The van der Waals surface area contributed by atoms with Gasteiger partial charge < -0.3 is 14.7 Å². The topological polar surface area (TPSA) is 66.8 Å². The maximum Gasteiger partial charge on any atom is 0.308 e. The molecule has 1 heterocycles. The van der Waals surface area contributed by atoms with E-state index >= 15 is 0 Å². The van der Waals surface area contributed by atoms with E-state index in [9.17, 15) is 14.7 Å². The number of para-hydroxylation sites is 1. The molecule has 0 radical (unpaired) electrons. The molecule has 5 nitrogen and oxygen atoms in total. The molecule has 0 aromatic heterocycles. The predicted octanol–water partition coefficient (Wildman–Crippen LogP) is 3.85. The van der Waals surface area contributed by atoms with E-state index in [-0.39, 0.29) is 11.9 Å². The number of carboxylic acids is 1. The van der Waals surface area contributed by atoms with Crippen LogP contribution in [0.15, 0.2) is 48.5 Å². The summed E-state index contributed by atoms with van der Waals surface area (Å²) in [5.41, 5.74) is 1.39. The van der Waals surface area contributed by atoms with Gasteiger partial charge in [0, 0.05) is 17.6 Å². The van der Waals surface area contributed by atoms with Crippen LogP contribution in [-0.4, -0.2) is 34.5 Å². The van der Waals surface area contributed by atoms with Gasteiger partial charge in [0.15, 0.2) is 0 Å². The third-order valence-electron chi connectivity index (χ3n) is 4.76. The Bertz CT molecular complexity index is 806. The van der Waals surface area contributed by atoms with Crippen molar-refractivity contribution in [1.82, 2.24) is 4.90 Å². The summed E-state index contributed by atoms with van der Waals surface area (Å²) in [6.07, 6.45) is 0.468. The van der Waals surface area contributed by atoms with Gasteiger partial charge in [-0.25, -0.2) is 0 Å². The van der Waals surface area contributed by atoms with Gasteiger partial charge in [-0.3, -0.25) is 9.59 Å². The first-order chi connectivity index (χ1) is 12.5. The van der Waals surface area contributed by atoms with E-state index in [1.807, 2.05) is 12.1 Å². The maximum atomic E-state index is 12.9. The van der Waals surface area contributed by atoms with E-state index in [1.165, 1.54) is 0 Å². The number of ether oxygens (including phenoxy) is 1. The fourth-order valence-electron chi connectivity index (χ4n) is 3.22. The number of hydrogen-bond donors (Lipinski definition) is 1. The fraction of sp³-hybridized carbons (Fsp3) is 0.300. The highest BCUT2D eigenvalue weighted by Crippen LogP contribution is 2.29. The van der Waals surface area contributed by atoms with E-state index in [4.69, 9.17) is 16.3 Å². The fourth-order valence-corrected chi connectivity index (χ4v) is 3.35. The Balaban J connectivity index is 1.75. The second-order valence-electron chi connectivity index (χ2n) is 6.38. The molecule has 1 aliphatic heterocycles. The first-order valence-corrected chi connectivity index (χ1v) is 8.85. The molecule has 1 saturated heterocycles. The second kappa shape index (κ2) is 7.79. The van der Waals surface area contributed by atoms with Crippen LogP contribution in [0.25, 0.3) is 0 Å². The van der Waals surface area contributed by atoms with Gasteiger partial charge in [0.05, 0.1) is 11.5 Å². The lowest BCUT2D eigenvalue weighted by molar-refractivity contribution is -0.142. The molecule has 1 aliphatic rings. The highest BCUT2D eigenvalue weighted by molar-refractivity contribution is 6.30. The van der Waals surface area contributed by atoms with Crippen molar-refractivity contribution < 1.29 is 19.4 Å². The Morgan fingerprint density at radius 1 is 1.19 bits per heavy atom. The second-order valence-corrected chi connectivity index (χ2v) is 6.82. The molecule has 0 aliphatic carbocycles. The van der Waals surface area contributed by atoms with Gasteiger partial charge >= 0.3 is 5.97 Å². The standard InChI is InChI=1S/C20H20ClNO4/c1-13-16(20(24)25)10-11-22(13)19(23)17-4-2-3-5-18(17)26-12-14-6-8-15(21)9-7-14/h2-9,13,16H,10-12H2,1H3,(H,24,25). The molecule has 3 rings (SSSR count). The summed E-state index contributed by atoms with van der Waals surface area (Å²) >= 11 is 5.88. The van der Waals surface area contributed by atoms with Crippen molar-refractivity contribution in [3.8, 4) is 5.75 Å². The zero-order chi connectivity index (χ0) is 18.7. The third-order valence-corrected chi connectivity index (χ3v) is 5.01. The van der Waals surface area contributed by atoms with Crippen LogP contribution in [0.4, 0.5) is 0 Å². The Kier molecular flexibility index (Phi) is 5.47. The summed E-state index contributed by atoms with van der Waals surface area (Å²) in [4.78, 5) is 25.8. The van der Waals surface area contributed by atoms with E-state index in [0.717, 1.165) is 5.56 Å². The van der Waals surface area contributed by atoms with Crippen LogP contribution in [0.5, 0.6) is 5.75 Å². The zero-order valence-electron chi connectivity index (χ0n) is 14.4. The van der Waals surface area contributed by atoms with Crippen LogP contribution in [0.2, 0.25) is 5.02 Å². The molecule has 26 heavy (non-hydrogen) atoms. The molecule has 0 bridgehead atoms. The number of carbonyl (C=O) groups is 2. The van der Waals surface area contributed by atoms with Crippen LogP contribution in [0.3, 0.4) is 0 Å². The Morgan fingerprint density at radius 3 is 2.54 bits per heavy atom. The summed E-state index contributed by atoms with van der Waals surface area (Å²) in [6, 6.07) is 14.0. The Labute approximate surface area is 157 Å². The lowest BCUT2D eigenvalue weighted by Gasteiger charge is -2.24. The molecule has 1 N–H and O–H groups in total. The quantitative estimate of drug-likeness (QED) is 0.864. The first-order valence-electron chi connectivity index (χ1n) is 8.47. The number of rotatable bonds is 5. The number of carboxylic acid groups (broad SMARTS) is 1. The van der Waals surface area contributed by atoms with Gasteiger partial charge in [-0.2, -0.15) is 0 Å². The van der Waals surface area contributed by atoms with E-state index < -0.39 is 11.9 Å². The Morgan fingerprint density at radius 2 is 1.88 bits per heavy atom. The van der Waals surface area contributed by atoms with Crippen molar-refractivity contribution in [3.05, 3.63) is 64.7 Å². The molecule has 2 aromatic carbocycles. The molecular weight excluding hydrogens is 354 g/mol. The number of benzene rings is 2. The molecule has 0 spiro atoms. The lowest BCUT2D eigenvalue weighted by Crippen LogP contribution is -2.37. The van der Waals surface area contributed by atoms with Gasteiger partial charge in [0.2, 0.25) is 0 Å². The number of likely N-dealkylation sites (tertiary alicyclic amines) is 1. The van der Waals surface area contributed by atoms with Crippen molar-refractivity contribution in [2.75, 3.05) is 6.54 Å². The molecular formula is C20H20ClNO4. The van der Waals surface area contributed by atoms with E-state index in [1.54, 1.807) is 48.2 Å². The predicted molar refractivity (Wildman–Crippen MR) is 98.5 cm³/mol. The molecule has 2 aromatic rings. The van der Waals surface area contributed by atoms with Gasteiger partial charge in [-0.15, -0.1) is 0 Å². The van der Waals surface area contributed by atoms with Crippen LogP contribution in [0, 0.1) is 5.92 Å². The number of halogens is 1. The number of carbonyl (C=O) groups excluding carboxylic acids is 1. The zero-order valence-corrected chi connectivity index (χ0v) is 15.1. The molecule has 0 saturated carbocycles. The van der Waals surface area contributed by atoms with Crippen LogP contribution in [-0.2, 0) is 11.4 Å². The molecule has 2 unspecified atom stereocenters. The molecule has 2 atom stereocenters. The summed E-state index contributed by atoms with van der Waals surface area (Å²) in [6.45, 7) is 2.53. The van der Waals surface area contributed by atoms with Crippen molar-refractivity contribution in [1.29, 1.82) is 0 Å². The lowest BCUT2D eigenvalue weighted by atomic mass is 10.0. The highest BCUT2D eigenvalue weighted by atomic mass is 35.5. The summed E-state index contributed by atoms with van der Waals surface area (Å²) in [7, 11) is 0. The van der Waals surface area contributed by atoms with Crippen LogP contribution in [0.1, 0.15) is 29.3 Å². The van der Waals surface area contributed by atoms with Crippen LogP contribution >= 0.6 is 11.6 Å². The Hall–Kier alpha value is -2.53. The van der Waals surface area contributed by atoms with E-state index in [0.29, 0.717) is 35.9 Å². The van der Waals surface area contributed by atoms with Crippen molar-refractivity contribution in [2.45, 2.75) is 26.0 Å². The van der Waals surface area contributed by atoms with Gasteiger partial charge in [-0.1, -0.05) is 35.9 Å². The number of amides is 1. The van der Waals surface area contributed by atoms with Crippen LogP contribution < -0.4 is 4.74 Å². The summed E-state index contributed by atoms with van der Waals surface area (Å²) in [5, 5.41) is 9.92. The van der Waals surface area contributed by atoms with Crippen molar-refractivity contribution in [3.63, 3.8) is 0 Å². The minimum absolute atomic E-state index is 0.201. The molecule has 1 fully saturated rings. The molecule has 1 amide bonds. The van der Waals surface area contributed by atoms with E-state index in [2.05, 4.69) is 0 Å².